The lowest BCUT2D eigenvalue weighted by molar-refractivity contribution is 0.581. The number of halogens is 3. The standard InChI is InChI=1S/C24H27ClF2S/c1-5-7-9-19(17(4)20-14-21(25)23(27)15-22(20)26)18-11-10-16(3)24(13-18)28-12-8-6-2/h7,9-11,13-15H,5-6,8,12H2,1-4H3/b9-7-,19-17-. The van der Waals surface area contributed by atoms with Gasteiger partial charge >= 0.3 is 0 Å². The Balaban J connectivity index is 2.57. The molecule has 0 aliphatic heterocycles. The number of aryl methyl sites for hydroxylation is 1. The summed E-state index contributed by atoms with van der Waals surface area (Å²) in [7, 11) is 0. The molecule has 0 fully saturated rings. The first kappa shape index (κ1) is 22.7. The fourth-order valence-corrected chi connectivity index (χ4v) is 4.20. The number of thioether (sulfide) groups is 1. The monoisotopic (exact) mass is 420 g/mol. The van der Waals surface area contributed by atoms with Gasteiger partial charge in [0, 0.05) is 16.5 Å². The highest BCUT2D eigenvalue weighted by molar-refractivity contribution is 7.99. The van der Waals surface area contributed by atoms with E-state index in [1.807, 2.05) is 30.8 Å². The first-order valence-corrected chi connectivity index (χ1v) is 11.0. The van der Waals surface area contributed by atoms with Gasteiger partial charge in [-0.3, -0.25) is 0 Å². The molecule has 0 heterocycles. The molecule has 0 atom stereocenters. The predicted molar refractivity (Wildman–Crippen MR) is 120 cm³/mol. The molecule has 2 aromatic rings. The SMILES string of the molecule is CC/C=C\C(=C(/C)c1cc(Cl)c(F)cc1F)c1ccc(C)c(SCCCC)c1. The molecular weight excluding hydrogens is 394 g/mol. The molecule has 0 aromatic heterocycles. The Labute approximate surface area is 176 Å². The summed E-state index contributed by atoms with van der Waals surface area (Å²) in [5, 5.41) is -0.0747. The highest BCUT2D eigenvalue weighted by Gasteiger charge is 2.14. The summed E-state index contributed by atoms with van der Waals surface area (Å²) in [6.07, 6.45) is 7.27. The fourth-order valence-electron chi connectivity index (χ4n) is 2.88. The number of benzene rings is 2. The molecule has 4 heteroatoms. The Bertz CT molecular complexity index is 884. The van der Waals surface area contributed by atoms with E-state index in [0.29, 0.717) is 5.56 Å². The van der Waals surface area contributed by atoms with Gasteiger partial charge in [-0.25, -0.2) is 8.78 Å². The maximum Gasteiger partial charge on any atom is 0.144 e. The molecule has 0 spiro atoms. The number of unbranched alkanes of at least 4 members (excludes halogenated alkanes) is 1. The van der Waals surface area contributed by atoms with Gasteiger partial charge in [-0.15, -0.1) is 11.8 Å². The minimum absolute atomic E-state index is 0.0747. The molecule has 0 unspecified atom stereocenters. The predicted octanol–water partition coefficient (Wildman–Crippen LogP) is 8.72. The van der Waals surface area contributed by atoms with Crippen LogP contribution in [0.25, 0.3) is 11.1 Å². The van der Waals surface area contributed by atoms with E-state index in [0.717, 1.165) is 34.9 Å². The van der Waals surface area contributed by atoms with Crippen LogP contribution in [0.5, 0.6) is 0 Å². The maximum atomic E-state index is 14.5. The Morgan fingerprint density at radius 2 is 1.86 bits per heavy atom. The van der Waals surface area contributed by atoms with Gasteiger partial charge < -0.3 is 0 Å². The van der Waals surface area contributed by atoms with Crippen LogP contribution in [0.4, 0.5) is 8.78 Å². The van der Waals surface area contributed by atoms with E-state index in [9.17, 15) is 8.78 Å². The van der Waals surface area contributed by atoms with Crippen molar-refractivity contribution in [3.63, 3.8) is 0 Å². The summed E-state index contributed by atoms with van der Waals surface area (Å²) in [5.74, 6) is -0.274. The van der Waals surface area contributed by atoms with Crippen LogP contribution in [-0.2, 0) is 0 Å². The molecule has 28 heavy (non-hydrogen) atoms. The van der Waals surface area contributed by atoms with Gasteiger partial charge in [0.15, 0.2) is 0 Å². The molecular formula is C24H27ClF2S. The molecule has 0 saturated carbocycles. The first-order chi connectivity index (χ1) is 13.4. The quantitative estimate of drug-likeness (QED) is 0.135. The first-order valence-electron chi connectivity index (χ1n) is 9.65. The van der Waals surface area contributed by atoms with Crippen LogP contribution in [0.1, 0.15) is 56.7 Å². The van der Waals surface area contributed by atoms with Crippen molar-refractivity contribution >= 4 is 34.5 Å². The van der Waals surface area contributed by atoms with E-state index < -0.39 is 11.6 Å². The summed E-state index contributed by atoms with van der Waals surface area (Å²) in [6, 6.07) is 8.54. The molecule has 0 radical (unpaired) electrons. The van der Waals surface area contributed by atoms with Gasteiger partial charge in [0.1, 0.15) is 11.6 Å². The summed E-state index contributed by atoms with van der Waals surface area (Å²) < 4.78 is 28.1. The van der Waals surface area contributed by atoms with Crippen molar-refractivity contribution in [2.45, 2.75) is 51.9 Å². The second kappa shape index (κ2) is 10.8. The molecule has 2 rings (SSSR count). The van der Waals surface area contributed by atoms with Crippen molar-refractivity contribution in [3.8, 4) is 0 Å². The van der Waals surface area contributed by atoms with Gasteiger partial charge in [0.05, 0.1) is 5.02 Å². The van der Waals surface area contributed by atoms with Gasteiger partial charge in [0.2, 0.25) is 0 Å². The second-order valence-electron chi connectivity index (χ2n) is 6.78. The van der Waals surface area contributed by atoms with E-state index in [1.165, 1.54) is 29.4 Å². The summed E-state index contributed by atoms with van der Waals surface area (Å²) in [6.45, 7) is 8.20. The van der Waals surface area contributed by atoms with Crippen molar-refractivity contribution in [1.29, 1.82) is 0 Å². The number of hydrogen-bond acceptors (Lipinski definition) is 1. The van der Waals surface area contributed by atoms with Crippen LogP contribution in [0.3, 0.4) is 0 Å². The molecule has 0 N–H and O–H groups in total. The average Bonchev–Trinajstić information content (AvgIpc) is 2.67. The molecule has 0 aliphatic rings. The Morgan fingerprint density at radius 3 is 2.54 bits per heavy atom. The highest BCUT2D eigenvalue weighted by atomic mass is 35.5. The highest BCUT2D eigenvalue weighted by Crippen LogP contribution is 2.34. The van der Waals surface area contributed by atoms with E-state index in [1.54, 1.807) is 0 Å². The molecule has 0 amide bonds. The Kier molecular flexibility index (Phi) is 8.78. The summed E-state index contributed by atoms with van der Waals surface area (Å²) in [4.78, 5) is 1.23. The lowest BCUT2D eigenvalue weighted by Gasteiger charge is -2.14. The van der Waals surface area contributed by atoms with E-state index >= 15 is 0 Å². The van der Waals surface area contributed by atoms with E-state index in [4.69, 9.17) is 11.6 Å². The topological polar surface area (TPSA) is 0 Å². The average molecular weight is 421 g/mol. The minimum Gasteiger partial charge on any atom is -0.206 e. The summed E-state index contributed by atoms with van der Waals surface area (Å²) in [5.41, 5.74) is 4.23. The van der Waals surface area contributed by atoms with Gasteiger partial charge in [0.25, 0.3) is 0 Å². The van der Waals surface area contributed by atoms with E-state index in [2.05, 4.69) is 39.0 Å². The normalized spacial score (nSPS) is 12.5. The van der Waals surface area contributed by atoms with Crippen molar-refractivity contribution in [2.24, 2.45) is 0 Å². The van der Waals surface area contributed by atoms with Crippen molar-refractivity contribution in [2.75, 3.05) is 5.75 Å². The van der Waals surface area contributed by atoms with Crippen LogP contribution in [0.2, 0.25) is 5.02 Å². The zero-order chi connectivity index (χ0) is 20.7. The van der Waals surface area contributed by atoms with Crippen molar-refractivity contribution in [3.05, 3.63) is 75.8 Å². The van der Waals surface area contributed by atoms with Crippen molar-refractivity contribution in [1.82, 2.24) is 0 Å². The smallest absolute Gasteiger partial charge is 0.144 e. The minimum atomic E-state index is -0.744. The zero-order valence-electron chi connectivity index (χ0n) is 16.9. The van der Waals surface area contributed by atoms with Gasteiger partial charge in [-0.1, -0.05) is 56.2 Å². The summed E-state index contributed by atoms with van der Waals surface area (Å²) >= 11 is 7.77. The lowest BCUT2D eigenvalue weighted by Crippen LogP contribution is -1.95. The molecule has 0 bridgehead atoms. The zero-order valence-corrected chi connectivity index (χ0v) is 18.5. The lowest BCUT2D eigenvalue weighted by atomic mass is 9.94. The van der Waals surface area contributed by atoms with E-state index in [-0.39, 0.29) is 5.02 Å². The largest absolute Gasteiger partial charge is 0.206 e. The number of hydrogen-bond donors (Lipinski definition) is 0. The van der Waals surface area contributed by atoms with Crippen LogP contribution in [0.15, 0.2) is 47.4 Å². The van der Waals surface area contributed by atoms with Crippen LogP contribution in [0, 0.1) is 18.6 Å². The molecule has 150 valence electrons. The van der Waals surface area contributed by atoms with Crippen LogP contribution < -0.4 is 0 Å². The maximum absolute atomic E-state index is 14.5. The Hall–Kier alpha value is -1.58. The number of allylic oxidation sites excluding steroid dienone is 4. The third kappa shape index (κ3) is 5.71. The Morgan fingerprint density at radius 1 is 1.11 bits per heavy atom. The molecule has 2 aromatic carbocycles. The van der Waals surface area contributed by atoms with Crippen molar-refractivity contribution < 1.29 is 8.78 Å². The van der Waals surface area contributed by atoms with Crippen LogP contribution >= 0.6 is 23.4 Å². The van der Waals surface area contributed by atoms with Gasteiger partial charge in [-0.2, -0.15) is 0 Å². The third-order valence-corrected chi connectivity index (χ3v) is 6.13. The van der Waals surface area contributed by atoms with Crippen LogP contribution in [-0.4, -0.2) is 5.75 Å². The fraction of sp³-hybridized carbons (Fsp3) is 0.333. The second-order valence-corrected chi connectivity index (χ2v) is 8.32. The third-order valence-electron chi connectivity index (χ3n) is 4.59. The molecule has 0 aliphatic carbocycles. The molecule has 0 nitrogen and oxygen atoms in total. The van der Waals surface area contributed by atoms with Gasteiger partial charge in [-0.05, 0) is 66.8 Å². The molecule has 0 saturated heterocycles. The number of rotatable bonds is 8.